The van der Waals surface area contributed by atoms with Gasteiger partial charge in [0.1, 0.15) is 5.56 Å². The molecule has 0 aliphatic carbocycles. The molecule has 4 heteroatoms. The predicted octanol–water partition coefficient (Wildman–Crippen LogP) is 4.65. The first-order chi connectivity index (χ1) is 13.6. The van der Waals surface area contributed by atoms with Crippen LogP contribution in [0.4, 0.5) is 5.69 Å². The third-order valence-electron chi connectivity index (χ3n) is 4.73. The molecule has 0 saturated heterocycles. The van der Waals surface area contributed by atoms with Crippen molar-refractivity contribution in [2.75, 3.05) is 11.4 Å². The number of pyridine rings is 1. The van der Waals surface area contributed by atoms with E-state index in [0.717, 1.165) is 29.7 Å². The lowest BCUT2D eigenvalue weighted by Crippen LogP contribution is -2.37. The molecule has 0 saturated carbocycles. The van der Waals surface area contributed by atoms with E-state index in [1.165, 1.54) is 0 Å². The summed E-state index contributed by atoms with van der Waals surface area (Å²) in [5, 5.41) is 0. The molecule has 0 aliphatic heterocycles. The second-order valence-corrected chi connectivity index (χ2v) is 6.99. The lowest BCUT2D eigenvalue weighted by Gasteiger charge is -2.23. The minimum absolute atomic E-state index is 0.204. The Labute approximate surface area is 166 Å². The van der Waals surface area contributed by atoms with Crippen LogP contribution in [0, 0.1) is 6.92 Å². The van der Waals surface area contributed by atoms with Crippen molar-refractivity contribution >= 4 is 11.6 Å². The van der Waals surface area contributed by atoms with Gasteiger partial charge < -0.3 is 9.47 Å². The Hall–Kier alpha value is -3.14. The predicted molar refractivity (Wildman–Crippen MR) is 114 cm³/mol. The van der Waals surface area contributed by atoms with Gasteiger partial charge in [0.15, 0.2) is 0 Å². The van der Waals surface area contributed by atoms with Crippen LogP contribution in [0.15, 0.2) is 77.7 Å². The molecule has 144 valence electrons. The molecule has 0 spiro atoms. The molecule has 0 atom stereocenters. The molecule has 0 bridgehead atoms. The van der Waals surface area contributed by atoms with E-state index in [4.69, 9.17) is 0 Å². The standard InChI is InChI=1S/C24H26N2O2/c1-3-4-16-26(21-12-6-5-7-13-21)24(28)22-14-9-15-25(23(22)27)18-20-11-8-10-19(2)17-20/h5-15,17H,3-4,16,18H2,1-2H3. The van der Waals surface area contributed by atoms with Crippen LogP contribution < -0.4 is 10.5 Å². The number of unbranched alkanes of at least 4 members (excludes halogenated alkanes) is 1. The second kappa shape index (κ2) is 9.18. The van der Waals surface area contributed by atoms with Gasteiger partial charge in [-0.1, -0.05) is 61.4 Å². The van der Waals surface area contributed by atoms with Gasteiger partial charge in [-0.25, -0.2) is 0 Å². The molecule has 0 aliphatic rings. The largest absolute Gasteiger partial charge is 0.310 e. The van der Waals surface area contributed by atoms with E-state index in [2.05, 4.69) is 13.0 Å². The number of amides is 1. The van der Waals surface area contributed by atoms with Gasteiger partial charge in [-0.3, -0.25) is 9.59 Å². The number of benzene rings is 2. The normalized spacial score (nSPS) is 10.6. The third kappa shape index (κ3) is 4.58. The highest BCUT2D eigenvalue weighted by molar-refractivity contribution is 6.05. The molecule has 0 N–H and O–H groups in total. The first-order valence-corrected chi connectivity index (χ1v) is 9.72. The van der Waals surface area contributed by atoms with E-state index in [0.29, 0.717) is 13.1 Å². The van der Waals surface area contributed by atoms with Crippen LogP contribution in [0.25, 0.3) is 0 Å². The molecule has 1 amide bonds. The Balaban J connectivity index is 1.93. The van der Waals surface area contributed by atoms with Gasteiger partial charge in [0, 0.05) is 18.4 Å². The van der Waals surface area contributed by atoms with Crippen LogP contribution in [0.5, 0.6) is 0 Å². The van der Waals surface area contributed by atoms with Crippen molar-refractivity contribution in [2.24, 2.45) is 0 Å². The number of carbonyl (C=O) groups is 1. The van der Waals surface area contributed by atoms with E-state index in [9.17, 15) is 9.59 Å². The molecule has 1 heterocycles. The van der Waals surface area contributed by atoms with Gasteiger partial charge in [0.2, 0.25) is 0 Å². The fourth-order valence-electron chi connectivity index (χ4n) is 3.25. The average Bonchev–Trinajstić information content (AvgIpc) is 2.70. The number of aromatic nitrogens is 1. The smallest absolute Gasteiger partial charge is 0.263 e. The zero-order valence-corrected chi connectivity index (χ0v) is 16.5. The summed E-state index contributed by atoms with van der Waals surface area (Å²) < 4.78 is 1.60. The van der Waals surface area contributed by atoms with Crippen LogP contribution in [0.1, 0.15) is 41.3 Å². The fourth-order valence-corrected chi connectivity index (χ4v) is 3.25. The van der Waals surface area contributed by atoms with Crippen molar-refractivity contribution in [2.45, 2.75) is 33.2 Å². The lowest BCUT2D eigenvalue weighted by atomic mass is 10.1. The number of para-hydroxylation sites is 1. The number of hydrogen-bond donors (Lipinski definition) is 0. The maximum atomic E-state index is 13.2. The number of hydrogen-bond acceptors (Lipinski definition) is 2. The topological polar surface area (TPSA) is 42.3 Å². The zero-order valence-electron chi connectivity index (χ0n) is 16.5. The Bertz CT molecular complexity index is 993. The van der Waals surface area contributed by atoms with Crippen molar-refractivity contribution < 1.29 is 4.79 Å². The summed E-state index contributed by atoms with van der Waals surface area (Å²) in [5.74, 6) is -0.247. The van der Waals surface area contributed by atoms with Gasteiger partial charge in [0.05, 0.1) is 6.54 Å². The maximum absolute atomic E-state index is 13.2. The van der Waals surface area contributed by atoms with Crippen LogP contribution >= 0.6 is 0 Å². The van der Waals surface area contributed by atoms with Crippen molar-refractivity contribution in [3.63, 3.8) is 0 Å². The van der Waals surface area contributed by atoms with Crippen LogP contribution in [-0.4, -0.2) is 17.0 Å². The number of rotatable bonds is 7. The molecule has 0 unspecified atom stereocenters. The van der Waals surface area contributed by atoms with Gasteiger partial charge >= 0.3 is 0 Å². The molecule has 1 aromatic heterocycles. The summed E-state index contributed by atoms with van der Waals surface area (Å²) in [6.45, 7) is 5.15. The van der Waals surface area contributed by atoms with Crippen LogP contribution in [0.2, 0.25) is 0 Å². The summed E-state index contributed by atoms with van der Waals surface area (Å²) in [7, 11) is 0. The molecule has 3 rings (SSSR count). The quantitative estimate of drug-likeness (QED) is 0.604. The molecular weight excluding hydrogens is 348 g/mol. The van der Waals surface area contributed by atoms with Gasteiger partial charge in [-0.05, 0) is 43.2 Å². The van der Waals surface area contributed by atoms with Crippen molar-refractivity contribution in [3.8, 4) is 0 Å². The summed E-state index contributed by atoms with van der Waals surface area (Å²) in [4.78, 5) is 28.0. The molecule has 4 nitrogen and oxygen atoms in total. The van der Waals surface area contributed by atoms with Crippen molar-refractivity contribution in [1.82, 2.24) is 4.57 Å². The van der Waals surface area contributed by atoms with Gasteiger partial charge in [-0.2, -0.15) is 0 Å². The van der Waals surface area contributed by atoms with E-state index in [1.807, 2.05) is 55.5 Å². The average molecular weight is 374 g/mol. The second-order valence-electron chi connectivity index (χ2n) is 6.99. The molecular formula is C24H26N2O2. The molecule has 3 aromatic rings. The molecule has 0 radical (unpaired) electrons. The van der Waals surface area contributed by atoms with E-state index in [1.54, 1.807) is 27.8 Å². The SMILES string of the molecule is CCCCN(C(=O)c1cccn(Cc2cccc(C)c2)c1=O)c1ccccc1. The number of nitrogens with zero attached hydrogens (tertiary/aromatic N) is 2. The van der Waals surface area contributed by atoms with E-state index in [-0.39, 0.29) is 17.0 Å². The fraction of sp³-hybridized carbons (Fsp3) is 0.250. The van der Waals surface area contributed by atoms with E-state index >= 15 is 0 Å². The van der Waals surface area contributed by atoms with Crippen LogP contribution in [-0.2, 0) is 6.54 Å². The summed E-state index contributed by atoms with van der Waals surface area (Å²) in [6.07, 6.45) is 3.59. The number of aryl methyl sites for hydroxylation is 1. The molecule has 28 heavy (non-hydrogen) atoms. The van der Waals surface area contributed by atoms with Crippen molar-refractivity contribution in [3.05, 3.63) is 100.0 Å². The minimum atomic E-state index is -0.258. The number of carbonyl (C=O) groups excluding carboxylic acids is 1. The summed E-state index contributed by atoms with van der Waals surface area (Å²) in [6, 6.07) is 21.0. The third-order valence-corrected chi connectivity index (χ3v) is 4.73. The first kappa shape index (κ1) is 19.6. The number of anilines is 1. The van der Waals surface area contributed by atoms with Gasteiger partial charge in [-0.15, -0.1) is 0 Å². The van der Waals surface area contributed by atoms with Gasteiger partial charge in [0.25, 0.3) is 11.5 Å². The highest BCUT2D eigenvalue weighted by Gasteiger charge is 2.20. The van der Waals surface area contributed by atoms with Crippen LogP contribution in [0.3, 0.4) is 0 Å². The highest BCUT2D eigenvalue weighted by atomic mass is 16.2. The Morgan fingerprint density at radius 2 is 1.79 bits per heavy atom. The zero-order chi connectivity index (χ0) is 19.9. The Morgan fingerprint density at radius 3 is 2.50 bits per heavy atom. The molecule has 0 fully saturated rings. The van der Waals surface area contributed by atoms with E-state index < -0.39 is 0 Å². The molecule has 2 aromatic carbocycles. The summed E-state index contributed by atoms with van der Waals surface area (Å²) in [5.41, 5.74) is 2.95. The monoisotopic (exact) mass is 374 g/mol. The highest BCUT2D eigenvalue weighted by Crippen LogP contribution is 2.17. The Kier molecular flexibility index (Phi) is 6.43. The minimum Gasteiger partial charge on any atom is -0.310 e. The summed E-state index contributed by atoms with van der Waals surface area (Å²) >= 11 is 0. The maximum Gasteiger partial charge on any atom is 0.263 e. The lowest BCUT2D eigenvalue weighted by molar-refractivity contribution is 0.0984. The Morgan fingerprint density at radius 1 is 1.00 bits per heavy atom. The van der Waals surface area contributed by atoms with Crippen molar-refractivity contribution in [1.29, 1.82) is 0 Å². The first-order valence-electron chi connectivity index (χ1n) is 9.72.